The molecule has 0 fully saturated rings. The van der Waals surface area contributed by atoms with E-state index in [1.807, 2.05) is 48.4 Å². The maximum Gasteiger partial charge on any atom is 0.159 e. The molecule has 0 bridgehead atoms. The molecule has 0 saturated carbocycles. The van der Waals surface area contributed by atoms with Gasteiger partial charge in [-0.3, -0.25) is 9.88 Å². The minimum absolute atomic E-state index is 0.721. The van der Waals surface area contributed by atoms with Crippen molar-refractivity contribution in [1.29, 1.82) is 0 Å². The molecule has 2 aromatic heterocycles. The monoisotopic (exact) mass is 472 g/mol. The minimum Gasteiger partial charge on any atom is -0.294 e. The summed E-state index contributed by atoms with van der Waals surface area (Å²) in [5, 5.41) is 0.721. The van der Waals surface area contributed by atoms with E-state index in [4.69, 9.17) is 21.6 Å². The minimum atomic E-state index is 0.721. The first kappa shape index (κ1) is 22.1. The van der Waals surface area contributed by atoms with Crippen molar-refractivity contribution in [1.82, 2.24) is 19.9 Å². The zero-order valence-electron chi connectivity index (χ0n) is 18.5. The molecule has 1 aliphatic rings. The summed E-state index contributed by atoms with van der Waals surface area (Å²) in [7, 11) is 0. The molecule has 5 rings (SSSR count). The Balaban J connectivity index is 1.23. The number of benzene rings is 2. The molecule has 166 valence electrons. The van der Waals surface area contributed by atoms with Crippen LogP contribution in [0.25, 0.3) is 22.6 Å². The standard InChI is InChI=1S/C27H25ClN4S/c1-2-33-24-10-6-20(7-11-24)25-12-3-19(15-29-25)17-32-14-13-26-22(18-32)16-30-27(31-26)21-4-8-23(28)9-5-21/h3-12,15-16H,2,13-14,17-18H2,1H3. The van der Waals surface area contributed by atoms with Gasteiger partial charge in [-0.1, -0.05) is 36.7 Å². The van der Waals surface area contributed by atoms with Crippen LogP contribution in [-0.4, -0.2) is 32.1 Å². The second-order valence-electron chi connectivity index (χ2n) is 8.14. The lowest BCUT2D eigenvalue weighted by Crippen LogP contribution is -2.31. The molecule has 0 saturated heterocycles. The third-order valence-corrected chi connectivity index (χ3v) is 6.95. The number of thioether (sulfide) groups is 1. The van der Waals surface area contributed by atoms with Crippen LogP contribution in [0, 0.1) is 0 Å². The zero-order valence-corrected chi connectivity index (χ0v) is 20.1. The van der Waals surface area contributed by atoms with Crippen LogP contribution in [0.1, 0.15) is 23.7 Å². The SMILES string of the molecule is CCSc1ccc(-c2ccc(CN3CCc4nc(-c5ccc(Cl)cc5)ncc4C3)cn2)cc1. The molecule has 0 atom stereocenters. The molecule has 0 N–H and O–H groups in total. The number of pyridine rings is 1. The normalized spacial score (nSPS) is 13.6. The molecule has 33 heavy (non-hydrogen) atoms. The summed E-state index contributed by atoms with van der Waals surface area (Å²) >= 11 is 7.86. The van der Waals surface area contributed by atoms with Crippen LogP contribution in [0.3, 0.4) is 0 Å². The summed E-state index contributed by atoms with van der Waals surface area (Å²) in [6, 6.07) is 20.6. The fourth-order valence-electron chi connectivity index (χ4n) is 4.08. The predicted molar refractivity (Wildman–Crippen MR) is 136 cm³/mol. The summed E-state index contributed by atoms with van der Waals surface area (Å²) in [6.45, 7) is 4.88. The molecular weight excluding hydrogens is 448 g/mol. The van der Waals surface area contributed by atoms with Crippen LogP contribution in [0.2, 0.25) is 5.02 Å². The van der Waals surface area contributed by atoms with Gasteiger partial charge in [0.05, 0.1) is 11.4 Å². The topological polar surface area (TPSA) is 41.9 Å². The highest BCUT2D eigenvalue weighted by Crippen LogP contribution is 2.25. The average Bonchev–Trinajstić information content (AvgIpc) is 2.85. The summed E-state index contributed by atoms with van der Waals surface area (Å²) in [5.74, 6) is 1.85. The average molecular weight is 473 g/mol. The Kier molecular flexibility index (Phi) is 6.72. The quantitative estimate of drug-likeness (QED) is 0.298. The lowest BCUT2D eigenvalue weighted by Gasteiger charge is -2.28. The Bertz CT molecular complexity index is 1220. The number of rotatable bonds is 6. The number of hydrogen-bond acceptors (Lipinski definition) is 5. The fourth-order valence-corrected chi connectivity index (χ4v) is 4.87. The van der Waals surface area contributed by atoms with Gasteiger partial charge in [0, 0.05) is 65.1 Å². The largest absolute Gasteiger partial charge is 0.294 e. The molecule has 4 aromatic rings. The fraction of sp³-hybridized carbons (Fsp3) is 0.222. The van der Waals surface area contributed by atoms with Crippen molar-refractivity contribution in [3.8, 4) is 22.6 Å². The van der Waals surface area contributed by atoms with E-state index in [1.165, 1.54) is 16.0 Å². The van der Waals surface area contributed by atoms with Crippen molar-refractivity contribution in [2.75, 3.05) is 12.3 Å². The predicted octanol–water partition coefficient (Wildman–Crippen LogP) is 6.53. The van der Waals surface area contributed by atoms with Gasteiger partial charge in [0.2, 0.25) is 0 Å². The first-order chi connectivity index (χ1) is 16.2. The van der Waals surface area contributed by atoms with Gasteiger partial charge in [-0.25, -0.2) is 9.97 Å². The molecule has 0 radical (unpaired) electrons. The van der Waals surface area contributed by atoms with Crippen molar-refractivity contribution >= 4 is 23.4 Å². The van der Waals surface area contributed by atoms with Gasteiger partial charge in [0.25, 0.3) is 0 Å². The number of nitrogens with zero attached hydrogens (tertiary/aromatic N) is 4. The molecule has 6 heteroatoms. The number of aromatic nitrogens is 3. The van der Waals surface area contributed by atoms with Gasteiger partial charge in [-0.15, -0.1) is 11.8 Å². The van der Waals surface area contributed by atoms with E-state index in [-0.39, 0.29) is 0 Å². The van der Waals surface area contributed by atoms with Crippen molar-refractivity contribution in [2.24, 2.45) is 0 Å². The van der Waals surface area contributed by atoms with Gasteiger partial charge in [0.15, 0.2) is 5.82 Å². The highest BCUT2D eigenvalue weighted by Gasteiger charge is 2.19. The van der Waals surface area contributed by atoms with Crippen molar-refractivity contribution in [3.63, 3.8) is 0 Å². The Labute approximate surface area is 204 Å². The van der Waals surface area contributed by atoms with E-state index < -0.39 is 0 Å². The number of halogens is 1. The van der Waals surface area contributed by atoms with Gasteiger partial charge in [0.1, 0.15) is 0 Å². The Morgan fingerprint density at radius 1 is 0.909 bits per heavy atom. The third-order valence-electron chi connectivity index (χ3n) is 5.81. The molecule has 1 aliphatic heterocycles. The van der Waals surface area contributed by atoms with Gasteiger partial charge >= 0.3 is 0 Å². The molecule has 0 aliphatic carbocycles. The van der Waals surface area contributed by atoms with Crippen molar-refractivity contribution in [3.05, 3.63) is 94.9 Å². The van der Waals surface area contributed by atoms with Crippen LogP contribution >= 0.6 is 23.4 Å². The molecule has 3 heterocycles. The van der Waals surface area contributed by atoms with Crippen molar-refractivity contribution < 1.29 is 0 Å². The Hall–Kier alpha value is -2.73. The van der Waals surface area contributed by atoms with E-state index in [2.05, 4.69) is 53.2 Å². The van der Waals surface area contributed by atoms with Gasteiger partial charge in [-0.05, 0) is 53.8 Å². The maximum absolute atomic E-state index is 6.00. The van der Waals surface area contributed by atoms with E-state index in [9.17, 15) is 0 Å². The van der Waals surface area contributed by atoms with E-state index in [0.717, 1.165) is 65.2 Å². The summed E-state index contributed by atoms with van der Waals surface area (Å²) in [4.78, 5) is 17.9. The van der Waals surface area contributed by atoms with Crippen LogP contribution in [0.4, 0.5) is 0 Å². The third kappa shape index (κ3) is 5.27. The lowest BCUT2D eigenvalue weighted by atomic mass is 10.1. The van der Waals surface area contributed by atoms with Gasteiger partial charge in [-0.2, -0.15) is 0 Å². The van der Waals surface area contributed by atoms with Crippen LogP contribution in [-0.2, 0) is 19.5 Å². The Morgan fingerprint density at radius 3 is 2.42 bits per heavy atom. The summed E-state index contributed by atoms with van der Waals surface area (Å²) < 4.78 is 0. The molecule has 0 amide bonds. The maximum atomic E-state index is 6.00. The zero-order chi connectivity index (χ0) is 22.6. The first-order valence-corrected chi connectivity index (χ1v) is 12.6. The number of hydrogen-bond donors (Lipinski definition) is 0. The van der Waals surface area contributed by atoms with Crippen LogP contribution < -0.4 is 0 Å². The molecule has 0 unspecified atom stereocenters. The Morgan fingerprint density at radius 2 is 1.70 bits per heavy atom. The summed E-state index contributed by atoms with van der Waals surface area (Å²) in [6.07, 6.45) is 4.89. The van der Waals surface area contributed by atoms with Gasteiger partial charge < -0.3 is 0 Å². The molecule has 0 spiro atoms. The number of fused-ring (bicyclic) bond motifs is 1. The first-order valence-electron chi connectivity index (χ1n) is 11.2. The van der Waals surface area contributed by atoms with Crippen LogP contribution in [0.5, 0.6) is 0 Å². The second-order valence-corrected chi connectivity index (χ2v) is 9.92. The highest BCUT2D eigenvalue weighted by molar-refractivity contribution is 7.99. The highest BCUT2D eigenvalue weighted by atomic mass is 35.5. The van der Waals surface area contributed by atoms with E-state index in [0.29, 0.717) is 0 Å². The second kappa shape index (κ2) is 10.0. The summed E-state index contributed by atoms with van der Waals surface area (Å²) in [5.41, 5.74) is 6.73. The van der Waals surface area contributed by atoms with Crippen molar-refractivity contribution in [2.45, 2.75) is 31.3 Å². The molecular formula is C27H25ClN4S. The molecule has 4 nitrogen and oxygen atoms in total. The van der Waals surface area contributed by atoms with Crippen LogP contribution in [0.15, 0.2) is 78.0 Å². The lowest BCUT2D eigenvalue weighted by molar-refractivity contribution is 0.242. The van der Waals surface area contributed by atoms with E-state index in [1.54, 1.807) is 0 Å². The molecule has 2 aromatic carbocycles. The smallest absolute Gasteiger partial charge is 0.159 e. The van der Waals surface area contributed by atoms with E-state index >= 15 is 0 Å².